The minimum Gasteiger partial charge on any atom is -0.475 e. The highest BCUT2D eigenvalue weighted by atomic mass is 19.1. The van der Waals surface area contributed by atoms with E-state index in [2.05, 4.69) is 15.5 Å². The molecule has 2 heterocycles. The highest BCUT2D eigenvalue weighted by molar-refractivity contribution is 5.95. The Kier molecular flexibility index (Phi) is 4.74. The number of amides is 1. The van der Waals surface area contributed by atoms with E-state index in [0.29, 0.717) is 11.1 Å². The van der Waals surface area contributed by atoms with E-state index in [9.17, 15) is 19.1 Å². The first kappa shape index (κ1) is 17.3. The molecule has 0 aliphatic carbocycles. The van der Waals surface area contributed by atoms with Gasteiger partial charge in [0.1, 0.15) is 11.5 Å². The van der Waals surface area contributed by atoms with Crippen LogP contribution in [0.1, 0.15) is 39.4 Å². The fraction of sp³-hybridized carbons (Fsp3) is 0.111. The molecule has 0 fully saturated rings. The van der Waals surface area contributed by atoms with E-state index in [1.54, 1.807) is 19.1 Å². The summed E-state index contributed by atoms with van der Waals surface area (Å²) in [6.07, 6.45) is 2.93. The third kappa shape index (κ3) is 3.44. The maximum absolute atomic E-state index is 13.2. The molecular formula is C18H14FN3O4. The summed E-state index contributed by atoms with van der Waals surface area (Å²) in [5.74, 6) is -2.56. The molecule has 0 aliphatic rings. The van der Waals surface area contributed by atoms with Gasteiger partial charge in [-0.1, -0.05) is 5.16 Å². The Morgan fingerprint density at radius 1 is 1.23 bits per heavy atom. The summed E-state index contributed by atoms with van der Waals surface area (Å²) >= 11 is 0. The van der Waals surface area contributed by atoms with E-state index in [4.69, 9.17) is 4.52 Å². The smallest absolute Gasteiger partial charge is 0.375 e. The third-order valence-electron chi connectivity index (χ3n) is 3.74. The molecule has 3 aromatic rings. The standard InChI is InChI=1S/C18H14FN3O4/c1-10(21-17(23)12-3-2-8-20-9-12)14-15(22-26-16(14)18(24)25)11-4-6-13(19)7-5-11/h2-10H,1H3,(H,21,23)(H,24,25)/t10-/m1/s1. The molecule has 0 aliphatic heterocycles. The molecule has 2 N–H and O–H groups in total. The van der Waals surface area contributed by atoms with Crippen LogP contribution in [0, 0.1) is 5.82 Å². The molecule has 0 spiro atoms. The monoisotopic (exact) mass is 355 g/mol. The molecule has 8 heteroatoms. The number of rotatable bonds is 5. The van der Waals surface area contributed by atoms with Crippen LogP contribution in [0.4, 0.5) is 4.39 Å². The first-order valence-corrected chi connectivity index (χ1v) is 7.67. The molecule has 0 bridgehead atoms. The van der Waals surface area contributed by atoms with Crippen LogP contribution in [0.3, 0.4) is 0 Å². The number of aromatic nitrogens is 2. The number of carboxylic acid groups (broad SMARTS) is 1. The predicted octanol–water partition coefficient (Wildman–Crippen LogP) is 3.06. The van der Waals surface area contributed by atoms with Crippen molar-refractivity contribution in [2.45, 2.75) is 13.0 Å². The average molecular weight is 355 g/mol. The minimum atomic E-state index is -1.32. The second-order valence-corrected chi connectivity index (χ2v) is 5.52. The van der Waals surface area contributed by atoms with Crippen LogP contribution in [-0.2, 0) is 0 Å². The summed E-state index contributed by atoms with van der Waals surface area (Å²) < 4.78 is 18.1. The molecule has 1 aromatic carbocycles. The van der Waals surface area contributed by atoms with Crippen molar-refractivity contribution >= 4 is 11.9 Å². The Balaban J connectivity index is 1.96. The number of benzene rings is 1. The second-order valence-electron chi connectivity index (χ2n) is 5.52. The van der Waals surface area contributed by atoms with Gasteiger partial charge in [-0.2, -0.15) is 0 Å². The molecule has 0 saturated carbocycles. The van der Waals surface area contributed by atoms with Gasteiger partial charge in [0, 0.05) is 18.0 Å². The Bertz CT molecular complexity index is 939. The normalized spacial score (nSPS) is 11.8. The first-order valence-electron chi connectivity index (χ1n) is 7.67. The van der Waals surface area contributed by atoms with E-state index in [1.807, 2.05) is 0 Å². The van der Waals surface area contributed by atoms with E-state index in [-0.39, 0.29) is 17.0 Å². The zero-order valence-electron chi connectivity index (χ0n) is 13.6. The highest BCUT2D eigenvalue weighted by Gasteiger charge is 2.28. The van der Waals surface area contributed by atoms with Gasteiger partial charge in [0.15, 0.2) is 0 Å². The molecular weight excluding hydrogens is 341 g/mol. The van der Waals surface area contributed by atoms with Crippen LogP contribution < -0.4 is 5.32 Å². The summed E-state index contributed by atoms with van der Waals surface area (Å²) in [5, 5.41) is 15.8. The largest absolute Gasteiger partial charge is 0.475 e. The Morgan fingerprint density at radius 2 is 1.96 bits per heavy atom. The lowest BCUT2D eigenvalue weighted by Gasteiger charge is -2.14. The average Bonchev–Trinajstić information content (AvgIpc) is 3.08. The van der Waals surface area contributed by atoms with Gasteiger partial charge < -0.3 is 14.9 Å². The van der Waals surface area contributed by atoms with Crippen molar-refractivity contribution in [3.05, 3.63) is 71.5 Å². The number of hydrogen-bond acceptors (Lipinski definition) is 5. The fourth-order valence-corrected chi connectivity index (χ4v) is 2.52. The maximum Gasteiger partial charge on any atom is 0.375 e. The molecule has 26 heavy (non-hydrogen) atoms. The number of nitrogens with zero attached hydrogens (tertiary/aromatic N) is 2. The summed E-state index contributed by atoms with van der Waals surface area (Å²) in [4.78, 5) is 27.7. The molecule has 7 nitrogen and oxygen atoms in total. The van der Waals surface area contributed by atoms with Gasteiger partial charge in [0.05, 0.1) is 17.2 Å². The molecule has 2 aromatic heterocycles. The van der Waals surface area contributed by atoms with Crippen LogP contribution in [0.2, 0.25) is 0 Å². The van der Waals surface area contributed by atoms with Crippen molar-refractivity contribution < 1.29 is 23.6 Å². The second kappa shape index (κ2) is 7.14. The highest BCUT2D eigenvalue weighted by Crippen LogP contribution is 2.31. The van der Waals surface area contributed by atoms with Crippen molar-refractivity contribution in [1.82, 2.24) is 15.5 Å². The fourth-order valence-electron chi connectivity index (χ4n) is 2.52. The van der Waals surface area contributed by atoms with Crippen LogP contribution in [0.5, 0.6) is 0 Å². The van der Waals surface area contributed by atoms with E-state index < -0.39 is 23.7 Å². The van der Waals surface area contributed by atoms with Crippen LogP contribution in [0.15, 0.2) is 53.3 Å². The quantitative estimate of drug-likeness (QED) is 0.729. The number of halogens is 1. The lowest BCUT2D eigenvalue weighted by Crippen LogP contribution is -2.27. The van der Waals surface area contributed by atoms with E-state index >= 15 is 0 Å². The van der Waals surface area contributed by atoms with Crippen molar-refractivity contribution in [1.29, 1.82) is 0 Å². The lowest BCUT2D eigenvalue weighted by molar-refractivity contribution is 0.0648. The summed E-state index contributed by atoms with van der Waals surface area (Å²) in [6, 6.07) is 7.85. The van der Waals surface area contributed by atoms with Gasteiger partial charge in [-0.3, -0.25) is 9.78 Å². The van der Waals surface area contributed by atoms with Gasteiger partial charge in [0.25, 0.3) is 5.91 Å². The maximum atomic E-state index is 13.2. The number of hydrogen-bond donors (Lipinski definition) is 2. The van der Waals surface area contributed by atoms with Crippen LogP contribution in [0.25, 0.3) is 11.3 Å². The Labute approximate surface area is 147 Å². The molecule has 0 saturated heterocycles. The number of pyridine rings is 1. The molecule has 0 unspecified atom stereocenters. The van der Waals surface area contributed by atoms with Crippen LogP contribution >= 0.6 is 0 Å². The third-order valence-corrected chi connectivity index (χ3v) is 3.74. The van der Waals surface area contributed by atoms with E-state index in [1.165, 1.54) is 36.7 Å². The minimum absolute atomic E-state index is 0.196. The predicted molar refractivity (Wildman–Crippen MR) is 89.0 cm³/mol. The van der Waals surface area contributed by atoms with Gasteiger partial charge in [-0.15, -0.1) is 0 Å². The first-order chi connectivity index (χ1) is 12.5. The number of carboxylic acids is 1. The Morgan fingerprint density at radius 3 is 2.58 bits per heavy atom. The van der Waals surface area contributed by atoms with Gasteiger partial charge >= 0.3 is 5.97 Å². The topological polar surface area (TPSA) is 105 Å². The zero-order chi connectivity index (χ0) is 18.7. The number of aromatic carboxylic acids is 1. The lowest BCUT2D eigenvalue weighted by atomic mass is 10.00. The van der Waals surface area contributed by atoms with E-state index in [0.717, 1.165) is 0 Å². The van der Waals surface area contributed by atoms with Gasteiger partial charge in [-0.05, 0) is 43.3 Å². The summed E-state index contributed by atoms with van der Waals surface area (Å²) in [7, 11) is 0. The number of nitrogens with one attached hydrogen (secondary N) is 1. The summed E-state index contributed by atoms with van der Waals surface area (Å²) in [5.41, 5.74) is 1.22. The SMILES string of the molecule is C[C@@H](NC(=O)c1cccnc1)c1c(-c2ccc(F)cc2)noc1C(=O)O. The molecule has 0 radical (unpaired) electrons. The van der Waals surface area contributed by atoms with Gasteiger partial charge in [-0.25, -0.2) is 9.18 Å². The zero-order valence-corrected chi connectivity index (χ0v) is 13.6. The number of carbonyl (C=O) groups excluding carboxylic acids is 1. The number of carbonyl (C=O) groups is 2. The van der Waals surface area contributed by atoms with Crippen LogP contribution in [-0.4, -0.2) is 27.1 Å². The van der Waals surface area contributed by atoms with Crippen molar-refractivity contribution in [2.75, 3.05) is 0 Å². The van der Waals surface area contributed by atoms with Crippen molar-refractivity contribution in [3.63, 3.8) is 0 Å². The molecule has 1 amide bonds. The molecule has 132 valence electrons. The molecule has 1 atom stereocenters. The van der Waals surface area contributed by atoms with Crippen molar-refractivity contribution in [2.24, 2.45) is 0 Å². The van der Waals surface area contributed by atoms with Crippen molar-refractivity contribution in [3.8, 4) is 11.3 Å². The molecule has 3 rings (SSSR count). The Hall–Kier alpha value is -3.55. The summed E-state index contributed by atoms with van der Waals surface area (Å²) in [6.45, 7) is 1.61. The van der Waals surface area contributed by atoms with Gasteiger partial charge in [0.2, 0.25) is 5.76 Å².